The third-order valence-corrected chi connectivity index (χ3v) is 3.82. The number of Topliss-reactive ketones (excluding diaryl/α,β-unsaturated/α-hetero) is 1. The lowest BCUT2D eigenvalue weighted by Crippen LogP contribution is -2.14. The Hall–Kier alpha value is -1.55. The standard InChI is InChI=1S/C13H12N2OS/c16-12-5-1-4-11-10(12)8-14-13(15-11)7-9-3-2-6-17-9/h2-3,6,8H,1,4-5,7H2. The van der Waals surface area contributed by atoms with Gasteiger partial charge in [0.2, 0.25) is 0 Å². The van der Waals surface area contributed by atoms with Gasteiger partial charge in [0.25, 0.3) is 0 Å². The van der Waals surface area contributed by atoms with Gasteiger partial charge < -0.3 is 0 Å². The number of ketones is 1. The van der Waals surface area contributed by atoms with E-state index >= 15 is 0 Å². The number of rotatable bonds is 2. The highest BCUT2D eigenvalue weighted by Gasteiger charge is 2.19. The van der Waals surface area contributed by atoms with E-state index in [-0.39, 0.29) is 5.78 Å². The van der Waals surface area contributed by atoms with Crippen LogP contribution in [0.5, 0.6) is 0 Å². The molecule has 1 aliphatic carbocycles. The van der Waals surface area contributed by atoms with Crippen molar-refractivity contribution in [3.05, 3.63) is 45.7 Å². The molecule has 2 heterocycles. The largest absolute Gasteiger partial charge is 0.294 e. The van der Waals surface area contributed by atoms with Crippen LogP contribution in [0, 0.1) is 0 Å². The van der Waals surface area contributed by atoms with Gasteiger partial charge in [0.15, 0.2) is 5.78 Å². The summed E-state index contributed by atoms with van der Waals surface area (Å²) < 4.78 is 0. The third kappa shape index (κ3) is 2.13. The van der Waals surface area contributed by atoms with Crippen LogP contribution in [0.25, 0.3) is 0 Å². The molecular weight excluding hydrogens is 232 g/mol. The van der Waals surface area contributed by atoms with Crippen molar-refractivity contribution in [2.24, 2.45) is 0 Å². The molecule has 0 N–H and O–H groups in total. The van der Waals surface area contributed by atoms with E-state index in [0.717, 1.165) is 36.3 Å². The zero-order valence-corrected chi connectivity index (χ0v) is 10.2. The van der Waals surface area contributed by atoms with E-state index in [1.165, 1.54) is 4.88 Å². The fraction of sp³-hybridized carbons (Fsp3) is 0.308. The van der Waals surface area contributed by atoms with Crippen molar-refractivity contribution in [2.45, 2.75) is 25.7 Å². The van der Waals surface area contributed by atoms with E-state index in [9.17, 15) is 4.79 Å². The average Bonchev–Trinajstić information content (AvgIpc) is 2.82. The van der Waals surface area contributed by atoms with Crippen LogP contribution in [0.1, 0.15) is 39.6 Å². The lowest BCUT2D eigenvalue weighted by molar-refractivity contribution is 0.0971. The number of thiophene rings is 1. The minimum atomic E-state index is 0.189. The summed E-state index contributed by atoms with van der Waals surface area (Å²) in [5, 5.41) is 2.05. The van der Waals surface area contributed by atoms with Gasteiger partial charge in [0.1, 0.15) is 5.82 Å². The Morgan fingerprint density at radius 2 is 2.29 bits per heavy atom. The van der Waals surface area contributed by atoms with E-state index < -0.39 is 0 Å². The summed E-state index contributed by atoms with van der Waals surface area (Å²) in [6.45, 7) is 0. The molecule has 2 aromatic heterocycles. The van der Waals surface area contributed by atoms with Crippen LogP contribution >= 0.6 is 11.3 Å². The van der Waals surface area contributed by atoms with Gasteiger partial charge in [-0.3, -0.25) is 4.79 Å². The molecule has 17 heavy (non-hydrogen) atoms. The zero-order valence-electron chi connectivity index (χ0n) is 9.35. The molecule has 0 bridgehead atoms. The van der Waals surface area contributed by atoms with E-state index in [1.54, 1.807) is 17.5 Å². The van der Waals surface area contributed by atoms with Crippen molar-refractivity contribution in [3.63, 3.8) is 0 Å². The monoisotopic (exact) mass is 244 g/mol. The summed E-state index contributed by atoms with van der Waals surface area (Å²) in [4.78, 5) is 21.7. The normalized spacial score (nSPS) is 14.7. The van der Waals surface area contributed by atoms with Gasteiger partial charge in [-0.05, 0) is 24.3 Å². The molecule has 4 heteroatoms. The summed E-state index contributed by atoms with van der Waals surface area (Å²) in [5.74, 6) is 1.01. The van der Waals surface area contributed by atoms with Crippen molar-refractivity contribution in [1.82, 2.24) is 9.97 Å². The summed E-state index contributed by atoms with van der Waals surface area (Å²) in [7, 11) is 0. The Bertz CT molecular complexity index is 549. The number of aryl methyl sites for hydroxylation is 1. The van der Waals surface area contributed by atoms with Gasteiger partial charge in [-0.1, -0.05) is 6.07 Å². The smallest absolute Gasteiger partial charge is 0.166 e. The molecule has 1 aliphatic rings. The van der Waals surface area contributed by atoms with Gasteiger partial charge in [-0.25, -0.2) is 9.97 Å². The first-order valence-corrected chi connectivity index (χ1v) is 6.61. The topological polar surface area (TPSA) is 42.9 Å². The fourth-order valence-corrected chi connectivity index (χ4v) is 2.79. The highest BCUT2D eigenvalue weighted by molar-refractivity contribution is 7.09. The molecule has 86 valence electrons. The van der Waals surface area contributed by atoms with Crippen LogP contribution in [-0.2, 0) is 12.8 Å². The fourth-order valence-electron chi connectivity index (χ4n) is 2.09. The molecule has 0 atom stereocenters. The maximum absolute atomic E-state index is 11.6. The Balaban J connectivity index is 1.90. The molecule has 0 unspecified atom stereocenters. The molecule has 0 aromatic carbocycles. The quantitative estimate of drug-likeness (QED) is 0.815. The number of hydrogen-bond donors (Lipinski definition) is 0. The maximum atomic E-state index is 11.6. The van der Waals surface area contributed by atoms with Gasteiger partial charge in [-0.15, -0.1) is 11.3 Å². The number of hydrogen-bond acceptors (Lipinski definition) is 4. The molecule has 2 aromatic rings. The summed E-state index contributed by atoms with van der Waals surface area (Å²) in [6.07, 6.45) is 4.93. The minimum absolute atomic E-state index is 0.189. The molecule has 0 amide bonds. The van der Waals surface area contributed by atoms with Crippen molar-refractivity contribution >= 4 is 17.1 Å². The highest BCUT2D eigenvalue weighted by Crippen LogP contribution is 2.20. The highest BCUT2D eigenvalue weighted by atomic mass is 32.1. The van der Waals surface area contributed by atoms with Gasteiger partial charge >= 0.3 is 0 Å². The van der Waals surface area contributed by atoms with E-state index in [1.807, 2.05) is 6.07 Å². The average molecular weight is 244 g/mol. The second-order valence-corrected chi connectivity index (χ2v) is 5.21. The van der Waals surface area contributed by atoms with Crippen LogP contribution in [-0.4, -0.2) is 15.8 Å². The maximum Gasteiger partial charge on any atom is 0.166 e. The van der Waals surface area contributed by atoms with Gasteiger partial charge in [0.05, 0.1) is 11.3 Å². The number of carbonyl (C=O) groups excluding carboxylic acids is 1. The third-order valence-electron chi connectivity index (χ3n) is 2.95. The molecule has 0 spiro atoms. The van der Waals surface area contributed by atoms with Crippen LogP contribution in [0.4, 0.5) is 0 Å². The molecule has 0 saturated carbocycles. The first-order chi connectivity index (χ1) is 8.33. The number of fused-ring (bicyclic) bond motifs is 1. The Labute approximate surface area is 104 Å². The number of aromatic nitrogens is 2. The second-order valence-electron chi connectivity index (χ2n) is 4.18. The summed E-state index contributed by atoms with van der Waals surface area (Å²) >= 11 is 1.71. The molecule has 0 aliphatic heterocycles. The predicted molar refractivity (Wildman–Crippen MR) is 66.4 cm³/mol. The molecule has 0 fully saturated rings. The van der Waals surface area contributed by atoms with Crippen LogP contribution in [0.15, 0.2) is 23.7 Å². The molecular formula is C13H12N2OS. The molecule has 3 rings (SSSR count). The Morgan fingerprint density at radius 1 is 1.35 bits per heavy atom. The van der Waals surface area contributed by atoms with Crippen molar-refractivity contribution < 1.29 is 4.79 Å². The van der Waals surface area contributed by atoms with Crippen molar-refractivity contribution in [3.8, 4) is 0 Å². The Kier molecular flexibility index (Phi) is 2.73. The van der Waals surface area contributed by atoms with Crippen LogP contribution in [0.2, 0.25) is 0 Å². The summed E-state index contributed by atoms with van der Waals surface area (Å²) in [5.41, 5.74) is 1.66. The van der Waals surface area contributed by atoms with Crippen LogP contribution in [0.3, 0.4) is 0 Å². The Morgan fingerprint density at radius 3 is 3.12 bits per heavy atom. The SMILES string of the molecule is O=C1CCCc2nc(Cc3cccs3)ncc21. The number of carbonyl (C=O) groups is 1. The lowest BCUT2D eigenvalue weighted by atomic mass is 9.96. The minimum Gasteiger partial charge on any atom is -0.294 e. The predicted octanol–water partition coefficient (Wildman–Crippen LogP) is 2.65. The lowest BCUT2D eigenvalue weighted by Gasteiger charge is -2.13. The molecule has 3 nitrogen and oxygen atoms in total. The van der Waals surface area contributed by atoms with Gasteiger partial charge in [-0.2, -0.15) is 0 Å². The first-order valence-electron chi connectivity index (χ1n) is 5.73. The first kappa shape index (κ1) is 10.6. The number of nitrogens with zero attached hydrogens (tertiary/aromatic N) is 2. The molecule has 0 saturated heterocycles. The molecule has 0 radical (unpaired) electrons. The van der Waals surface area contributed by atoms with Crippen molar-refractivity contribution in [2.75, 3.05) is 0 Å². The second kappa shape index (κ2) is 4.37. The van der Waals surface area contributed by atoms with E-state index in [0.29, 0.717) is 6.42 Å². The van der Waals surface area contributed by atoms with E-state index in [4.69, 9.17) is 0 Å². The van der Waals surface area contributed by atoms with Crippen LogP contribution < -0.4 is 0 Å². The van der Waals surface area contributed by atoms with Crippen molar-refractivity contribution in [1.29, 1.82) is 0 Å². The van der Waals surface area contributed by atoms with Gasteiger partial charge in [0, 0.05) is 23.9 Å². The zero-order chi connectivity index (χ0) is 11.7. The summed E-state index contributed by atoms with van der Waals surface area (Å²) in [6, 6.07) is 4.11. The van der Waals surface area contributed by atoms with E-state index in [2.05, 4.69) is 21.4 Å².